The lowest BCUT2D eigenvalue weighted by Gasteiger charge is -2.27. The molecule has 0 radical (unpaired) electrons. The third kappa shape index (κ3) is 2.76. The smallest absolute Gasteiger partial charge is 0.324 e. The Balaban J connectivity index is 1.52. The average molecular weight is 265 g/mol. The van der Waals surface area contributed by atoms with Crippen molar-refractivity contribution in [2.75, 3.05) is 26.2 Å². The standard InChI is InChI=1S/C14H23N3O2/c18-13-8-15-14(19)17(13)12-6-7-16(10-12)9-11-4-2-1-3-5-11/h11-12H,1-10H2,(H,15,19). The quantitative estimate of drug-likeness (QED) is 0.780. The second kappa shape index (κ2) is 5.49. The topological polar surface area (TPSA) is 52.7 Å². The van der Waals surface area contributed by atoms with Crippen LogP contribution in [0.25, 0.3) is 0 Å². The molecule has 1 aliphatic carbocycles. The van der Waals surface area contributed by atoms with Gasteiger partial charge in [-0.2, -0.15) is 0 Å². The number of urea groups is 1. The van der Waals surface area contributed by atoms with Gasteiger partial charge in [-0.3, -0.25) is 9.69 Å². The number of carbonyl (C=O) groups excluding carboxylic acids is 2. The third-order valence-corrected chi connectivity index (χ3v) is 4.73. The van der Waals surface area contributed by atoms with Crippen LogP contribution in [0.4, 0.5) is 4.79 Å². The first-order valence-corrected chi connectivity index (χ1v) is 7.56. The molecule has 106 valence electrons. The number of rotatable bonds is 3. The summed E-state index contributed by atoms with van der Waals surface area (Å²) in [7, 11) is 0. The molecule has 1 unspecified atom stereocenters. The number of amides is 3. The molecule has 2 aliphatic heterocycles. The minimum Gasteiger partial charge on any atom is -0.329 e. The molecular formula is C14H23N3O2. The normalized spacial score (nSPS) is 30.1. The van der Waals surface area contributed by atoms with Gasteiger partial charge >= 0.3 is 6.03 Å². The first-order chi connectivity index (χ1) is 9.24. The molecular weight excluding hydrogens is 242 g/mol. The predicted molar refractivity (Wildman–Crippen MR) is 71.7 cm³/mol. The van der Waals surface area contributed by atoms with Gasteiger partial charge in [0.1, 0.15) is 0 Å². The molecule has 0 bridgehead atoms. The summed E-state index contributed by atoms with van der Waals surface area (Å²) in [6.07, 6.45) is 7.77. The van der Waals surface area contributed by atoms with Crippen LogP contribution in [0, 0.1) is 5.92 Å². The Morgan fingerprint density at radius 2 is 1.89 bits per heavy atom. The number of imide groups is 1. The van der Waals surface area contributed by atoms with E-state index in [1.165, 1.54) is 37.0 Å². The van der Waals surface area contributed by atoms with Gasteiger partial charge in [-0.25, -0.2) is 4.79 Å². The molecule has 3 rings (SSSR count). The summed E-state index contributed by atoms with van der Waals surface area (Å²) in [6.45, 7) is 3.23. The van der Waals surface area contributed by atoms with E-state index in [9.17, 15) is 9.59 Å². The zero-order chi connectivity index (χ0) is 13.2. The summed E-state index contributed by atoms with van der Waals surface area (Å²) in [5.41, 5.74) is 0. The van der Waals surface area contributed by atoms with E-state index in [1.54, 1.807) is 0 Å². The molecule has 3 amide bonds. The van der Waals surface area contributed by atoms with Crippen LogP contribution in [0.2, 0.25) is 0 Å². The molecule has 0 aromatic heterocycles. The van der Waals surface area contributed by atoms with E-state index in [2.05, 4.69) is 10.2 Å². The lowest BCUT2D eigenvalue weighted by atomic mass is 9.89. The SMILES string of the molecule is O=C1CNC(=O)N1C1CCN(CC2CCCCC2)C1. The summed E-state index contributed by atoms with van der Waals surface area (Å²) in [4.78, 5) is 27.2. The fourth-order valence-electron chi connectivity index (χ4n) is 3.73. The van der Waals surface area contributed by atoms with Crippen LogP contribution >= 0.6 is 0 Å². The molecule has 1 N–H and O–H groups in total. The Kier molecular flexibility index (Phi) is 3.73. The van der Waals surface area contributed by atoms with E-state index in [-0.39, 0.29) is 24.5 Å². The molecule has 1 saturated carbocycles. The lowest BCUT2D eigenvalue weighted by Crippen LogP contribution is -2.42. The van der Waals surface area contributed by atoms with Crippen molar-refractivity contribution in [2.45, 2.75) is 44.6 Å². The van der Waals surface area contributed by atoms with E-state index in [4.69, 9.17) is 0 Å². The van der Waals surface area contributed by atoms with Crippen molar-refractivity contribution in [3.05, 3.63) is 0 Å². The van der Waals surface area contributed by atoms with E-state index in [0.29, 0.717) is 0 Å². The van der Waals surface area contributed by atoms with E-state index < -0.39 is 0 Å². The highest BCUT2D eigenvalue weighted by atomic mass is 16.2. The Morgan fingerprint density at radius 3 is 2.58 bits per heavy atom. The number of nitrogens with zero attached hydrogens (tertiary/aromatic N) is 2. The van der Waals surface area contributed by atoms with Crippen LogP contribution in [0.5, 0.6) is 0 Å². The summed E-state index contributed by atoms with van der Waals surface area (Å²) >= 11 is 0. The van der Waals surface area contributed by atoms with Gasteiger partial charge in [-0.05, 0) is 25.2 Å². The second-order valence-electron chi connectivity index (χ2n) is 6.13. The van der Waals surface area contributed by atoms with Crippen LogP contribution in [-0.4, -0.2) is 54.0 Å². The zero-order valence-corrected chi connectivity index (χ0v) is 11.4. The van der Waals surface area contributed by atoms with Crippen LogP contribution in [-0.2, 0) is 4.79 Å². The Labute approximate surface area is 114 Å². The molecule has 19 heavy (non-hydrogen) atoms. The Morgan fingerprint density at radius 1 is 1.11 bits per heavy atom. The summed E-state index contributed by atoms with van der Waals surface area (Å²) < 4.78 is 0. The highest BCUT2D eigenvalue weighted by Gasteiger charge is 2.38. The predicted octanol–water partition coefficient (Wildman–Crippen LogP) is 1.19. The number of nitrogens with one attached hydrogen (secondary N) is 1. The largest absolute Gasteiger partial charge is 0.329 e. The summed E-state index contributed by atoms with van der Waals surface area (Å²) in [5, 5.41) is 2.61. The highest BCUT2D eigenvalue weighted by molar-refractivity contribution is 6.02. The Bertz CT molecular complexity index is 350. The van der Waals surface area contributed by atoms with Gasteiger partial charge in [0.25, 0.3) is 0 Å². The van der Waals surface area contributed by atoms with Crippen molar-refractivity contribution < 1.29 is 9.59 Å². The van der Waals surface area contributed by atoms with Crippen molar-refractivity contribution >= 4 is 11.9 Å². The molecule has 2 saturated heterocycles. The Hall–Kier alpha value is -1.10. The third-order valence-electron chi connectivity index (χ3n) is 4.73. The van der Waals surface area contributed by atoms with Gasteiger partial charge in [-0.1, -0.05) is 19.3 Å². The van der Waals surface area contributed by atoms with Crippen molar-refractivity contribution in [3.8, 4) is 0 Å². The lowest BCUT2D eigenvalue weighted by molar-refractivity contribution is -0.126. The number of hydrogen-bond donors (Lipinski definition) is 1. The minimum atomic E-state index is -0.200. The molecule has 1 atom stereocenters. The van der Waals surface area contributed by atoms with Crippen LogP contribution in [0.15, 0.2) is 0 Å². The fourth-order valence-corrected chi connectivity index (χ4v) is 3.73. The second-order valence-corrected chi connectivity index (χ2v) is 6.13. The molecule has 5 nitrogen and oxygen atoms in total. The summed E-state index contributed by atoms with van der Waals surface area (Å²) in [6, 6.07) is -0.104. The molecule has 3 aliphatic rings. The minimum absolute atomic E-state index is 0.0606. The van der Waals surface area contributed by atoms with Gasteiger partial charge in [0.2, 0.25) is 5.91 Å². The highest BCUT2D eigenvalue weighted by Crippen LogP contribution is 2.26. The maximum atomic E-state index is 11.7. The molecule has 0 aromatic rings. The van der Waals surface area contributed by atoms with Crippen LogP contribution in [0.1, 0.15) is 38.5 Å². The van der Waals surface area contributed by atoms with E-state index >= 15 is 0 Å². The molecule has 3 fully saturated rings. The monoisotopic (exact) mass is 265 g/mol. The molecule has 0 spiro atoms. The maximum Gasteiger partial charge on any atom is 0.324 e. The number of hydrogen-bond acceptors (Lipinski definition) is 3. The molecule has 0 aromatic carbocycles. The van der Waals surface area contributed by atoms with Gasteiger partial charge in [0, 0.05) is 19.6 Å². The van der Waals surface area contributed by atoms with Crippen LogP contribution < -0.4 is 5.32 Å². The fraction of sp³-hybridized carbons (Fsp3) is 0.857. The van der Waals surface area contributed by atoms with Crippen molar-refractivity contribution in [1.29, 1.82) is 0 Å². The van der Waals surface area contributed by atoms with Gasteiger partial charge < -0.3 is 10.2 Å². The first-order valence-electron chi connectivity index (χ1n) is 7.56. The maximum absolute atomic E-state index is 11.7. The molecule has 2 heterocycles. The van der Waals surface area contributed by atoms with Crippen molar-refractivity contribution in [1.82, 2.24) is 15.1 Å². The van der Waals surface area contributed by atoms with E-state index in [0.717, 1.165) is 32.0 Å². The number of likely N-dealkylation sites (tertiary alicyclic amines) is 1. The first kappa shape index (κ1) is 12.9. The van der Waals surface area contributed by atoms with E-state index in [1.807, 2.05) is 0 Å². The number of carbonyl (C=O) groups is 2. The van der Waals surface area contributed by atoms with Crippen LogP contribution in [0.3, 0.4) is 0 Å². The summed E-state index contributed by atoms with van der Waals surface area (Å²) in [5.74, 6) is 0.769. The average Bonchev–Trinajstić information content (AvgIpc) is 2.98. The van der Waals surface area contributed by atoms with Crippen molar-refractivity contribution in [2.24, 2.45) is 5.92 Å². The van der Waals surface area contributed by atoms with Gasteiger partial charge in [-0.15, -0.1) is 0 Å². The molecule has 5 heteroatoms. The van der Waals surface area contributed by atoms with Gasteiger partial charge in [0.15, 0.2) is 0 Å². The van der Waals surface area contributed by atoms with Gasteiger partial charge in [0.05, 0.1) is 12.6 Å². The zero-order valence-electron chi connectivity index (χ0n) is 11.4. The van der Waals surface area contributed by atoms with Crippen molar-refractivity contribution in [3.63, 3.8) is 0 Å².